The van der Waals surface area contributed by atoms with E-state index in [2.05, 4.69) is 4.98 Å². The van der Waals surface area contributed by atoms with Crippen molar-refractivity contribution in [3.05, 3.63) is 54.2 Å². The predicted molar refractivity (Wildman–Crippen MR) is 86.7 cm³/mol. The average molecular weight is 312 g/mol. The van der Waals surface area contributed by atoms with E-state index in [0.717, 1.165) is 0 Å². The van der Waals surface area contributed by atoms with Crippen LogP contribution in [0.4, 0.5) is 0 Å². The largest absolute Gasteiger partial charge is 0.438 e. The number of hydrogen-bond acceptors (Lipinski definition) is 4. The van der Waals surface area contributed by atoms with Gasteiger partial charge in [0.2, 0.25) is 5.88 Å². The van der Waals surface area contributed by atoms with E-state index in [1.807, 2.05) is 44.2 Å². The maximum atomic E-state index is 12.9. The van der Waals surface area contributed by atoms with E-state index in [0.29, 0.717) is 30.3 Å². The number of para-hydroxylation sites is 1. The van der Waals surface area contributed by atoms with Crippen LogP contribution in [-0.2, 0) is 4.74 Å². The van der Waals surface area contributed by atoms with Crippen molar-refractivity contribution in [1.82, 2.24) is 9.88 Å². The number of nitrogens with zero attached hydrogens (tertiary/aromatic N) is 2. The molecule has 1 aliphatic rings. The molecule has 1 amide bonds. The molecule has 0 radical (unpaired) electrons. The first-order valence-corrected chi connectivity index (χ1v) is 7.76. The van der Waals surface area contributed by atoms with Gasteiger partial charge in [0.05, 0.1) is 12.2 Å². The minimum Gasteiger partial charge on any atom is -0.438 e. The molecule has 2 atom stereocenters. The van der Waals surface area contributed by atoms with Gasteiger partial charge in [-0.15, -0.1) is 0 Å². The number of rotatable bonds is 3. The molecule has 0 spiro atoms. The Morgan fingerprint density at radius 2 is 1.83 bits per heavy atom. The lowest BCUT2D eigenvalue weighted by atomic mass is 10.1. The second-order valence-electron chi connectivity index (χ2n) is 5.74. The first kappa shape index (κ1) is 15.5. The van der Waals surface area contributed by atoms with Gasteiger partial charge in [0.1, 0.15) is 11.3 Å². The lowest BCUT2D eigenvalue weighted by Gasteiger charge is -2.35. The minimum atomic E-state index is -0.0777. The van der Waals surface area contributed by atoms with Crippen molar-refractivity contribution < 1.29 is 14.3 Å². The van der Waals surface area contributed by atoms with Crippen LogP contribution in [0.2, 0.25) is 0 Å². The molecular weight excluding hydrogens is 292 g/mol. The van der Waals surface area contributed by atoms with Gasteiger partial charge in [-0.05, 0) is 38.1 Å². The summed E-state index contributed by atoms with van der Waals surface area (Å²) >= 11 is 0. The van der Waals surface area contributed by atoms with E-state index in [-0.39, 0.29) is 18.1 Å². The predicted octanol–water partition coefficient (Wildman–Crippen LogP) is 3.12. The van der Waals surface area contributed by atoms with Gasteiger partial charge in [0.25, 0.3) is 5.91 Å². The van der Waals surface area contributed by atoms with Crippen LogP contribution in [0.1, 0.15) is 24.2 Å². The molecule has 1 aromatic carbocycles. The van der Waals surface area contributed by atoms with E-state index >= 15 is 0 Å². The average Bonchev–Trinajstić information content (AvgIpc) is 2.55. The van der Waals surface area contributed by atoms with Crippen LogP contribution in [0, 0.1) is 0 Å². The van der Waals surface area contributed by atoms with Gasteiger partial charge < -0.3 is 14.4 Å². The fourth-order valence-corrected chi connectivity index (χ4v) is 2.75. The smallest absolute Gasteiger partial charge is 0.259 e. The van der Waals surface area contributed by atoms with E-state index in [9.17, 15) is 4.79 Å². The van der Waals surface area contributed by atoms with Crippen LogP contribution in [0.5, 0.6) is 11.6 Å². The maximum Gasteiger partial charge on any atom is 0.259 e. The topological polar surface area (TPSA) is 51.7 Å². The van der Waals surface area contributed by atoms with Crippen molar-refractivity contribution >= 4 is 5.91 Å². The number of hydrogen-bond donors (Lipinski definition) is 0. The number of aromatic nitrogens is 1. The normalized spacial score (nSPS) is 21.0. The SMILES string of the molecule is C[C@@H]1CN(C(=O)c2cccnc2Oc2ccccc2)C[C@H](C)O1. The fourth-order valence-electron chi connectivity index (χ4n) is 2.75. The zero-order chi connectivity index (χ0) is 16.2. The molecule has 0 aliphatic carbocycles. The van der Waals surface area contributed by atoms with Crippen molar-refractivity contribution in [3.8, 4) is 11.6 Å². The molecule has 1 fully saturated rings. The summed E-state index contributed by atoms with van der Waals surface area (Å²) in [4.78, 5) is 18.9. The first-order chi connectivity index (χ1) is 11.1. The van der Waals surface area contributed by atoms with E-state index in [1.54, 1.807) is 23.2 Å². The van der Waals surface area contributed by atoms with Crippen LogP contribution in [-0.4, -0.2) is 41.1 Å². The van der Waals surface area contributed by atoms with Crippen LogP contribution < -0.4 is 4.74 Å². The van der Waals surface area contributed by atoms with Crippen molar-refractivity contribution in [2.75, 3.05) is 13.1 Å². The summed E-state index contributed by atoms with van der Waals surface area (Å²) in [5.41, 5.74) is 0.470. The zero-order valence-electron chi connectivity index (χ0n) is 13.3. The Bertz CT molecular complexity index is 665. The Balaban J connectivity index is 1.83. The summed E-state index contributed by atoms with van der Waals surface area (Å²) in [6.45, 7) is 5.09. The molecule has 5 heteroatoms. The van der Waals surface area contributed by atoms with Crippen LogP contribution in [0.25, 0.3) is 0 Å². The van der Waals surface area contributed by atoms with E-state index in [1.165, 1.54) is 0 Å². The Hall–Kier alpha value is -2.40. The lowest BCUT2D eigenvalue weighted by Crippen LogP contribution is -2.48. The molecule has 5 nitrogen and oxygen atoms in total. The van der Waals surface area contributed by atoms with Gasteiger partial charge in [0, 0.05) is 19.3 Å². The number of ether oxygens (including phenoxy) is 2. The van der Waals surface area contributed by atoms with Crippen molar-refractivity contribution in [2.45, 2.75) is 26.1 Å². The van der Waals surface area contributed by atoms with Gasteiger partial charge in [-0.2, -0.15) is 0 Å². The molecule has 2 aromatic rings. The lowest BCUT2D eigenvalue weighted by molar-refractivity contribution is -0.0586. The molecule has 0 saturated carbocycles. The second-order valence-corrected chi connectivity index (χ2v) is 5.74. The zero-order valence-corrected chi connectivity index (χ0v) is 13.3. The Labute approximate surface area is 135 Å². The fraction of sp³-hybridized carbons (Fsp3) is 0.333. The van der Waals surface area contributed by atoms with Gasteiger partial charge >= 0.3 is 0 Å². The summed E-state index contributed by atoms with van der Waals surface area (Å²) in [6, 6.07) is 12.8. The molecule has 3 rings (SSSR count). The molecule has 0 unspecified atom stereocenters. The molecule has 1 aromatic heterocycles. The third-order valence-electron chi connectivity index (χ3n) is 3.67. The number of carbonyl (C=O) groups excluding carboxylic acids is 1. The summed E-state index contributed by atoms with van der Waals surface area (Å²) in [5, 5.41) is 0. The quantitative estimate of drug-likeness (QED) is 0.874. The molecular formula is C18H20N2O3. The molecule has 1 aliphatic heterocycles. The second kappa shape index (κ2) is 6.79. The summed E-state index contributed by atoms with van der Waals surface area (Å²) < 4.78 is 11.5. The number of carbonyl (C=O) groups is 1. The van der Waals surface area contributed by atoms with Crippen LogP contribution in [0.3, 0.4) is 0 Å². The first-order valence-electron chi connectivity index (χ1n) is 7.76. The standard InChI is InChI=1S/C18H20N2O3/c1-13-11-20(12-14(2)22-13)18(21)16-9-6-10-19-17(16)23-15-7-4-3-5-8-15/h3-10,13-14H,11-12H2,1-2H3/t13-,14+. The van der Waals surface area contributed by atoms with Crippen molar-refractivity contribution in [2.24, 2.45) is 0 Å². The third kappa shape index (κ3) is 3.68. The van der Waals surface area contributed by atoms with Crippen molar-refractivity contribution in [1.29, 1.82) is 0 Å². The Morgan fingerprint density at radius 3 is 2.52 bits per heavy atom. The molecule has 23 heavy (non-hydrogen) atoms. The highest BCUT2D eigenvalue weighted by molar-refractivity contribution is 5.96. The summed E-state index contributed by atoms with van der Waals surface area (Å²) in [5.74, 6) is 0.908. The minimum absolute atomic E-state index is 0.0258. The Kier molecular flexibility index (Phi) is 4.57. The molecule has 2 heterocycles. The molecule has 0 N–H and O–H groups in total. The number of morpholine rings is 1. The van der Waals surface area contributed by atoms with Crippen LogP contribution >= 0.6 is 0 Å². The van der Waals surface area contributed by atoms with Crippen molar-refractivity contribution in [3.63, 3.8) is 0 Å². The monoisotopic (exact) mass is 312 g/mol. The number of pyridine rings is 1. The molecule has 0 bridgehead atoms. The summed E-state index contributed by atoms with van der Waals surface area (Å²) in [6.07, 6.45) is 1.68. The number of amides is 1. The van der Waals surface area contributed by atoms with E-state index in [4.69, 9.17) is 9.47 Å². The van der Waals surface area contributed by atoms with Gasteiger partial charge in [-0.25, -0.2) is 4.98 Å². The van der Waals surface area contributed by atoms with Gasteiger partial charge in [-0.3, -0.25) is 4.79 Å². The van der Waals surface area contributed by atoms with Gasteiger partial charge in [-0.1, -0.05) is 18.2 Å². The molecule has 1 saturated heterocycles. The molecule has 120 valence electrons. The Morgan fingerprint density at radius 1 is 1.13 bits per heavy atom. The number of benzene rings is 1. The highest BCUT2D eigenvalue weighted by Crippen LogP contribution is 2.24. The van der Waals surface area contributed by atoms with Crippen LogP contribution in [0.15, 0.2) is 48.7 Å². The summed E-state index contributed by atoms with van der Waals surface area (Å²) in [7, 11) is 0. The highest BCUT2D eigenvalue weighted by atomic mass is 16.5. The van der Waals surface area contributed by atoms with E-state index < -0.39 is 0 Å². The highest BCUT2D eigenvalue weighted by Gasteiger charge is 2.28. The van der Waals surface area contributed by atoms with Gasteiger partial charge in [0.15, 0.2) is 0 Å². The maximum absolute atomic E-state index is 12.9. The third-order valence-corrected chi connectivity index (χ3v) is 3.67.